The second-order valence-corrected chi connectivity index (χ2v) is 54.2. The van der Waals surface area contributed by atoms with Gasteiger partial charge in [0.25, 0.3) is 0 Å². The molecular formula is C70H91Cl2N5O23S13. The third-order valence-electron chi connectivity index (χ3n) is 20.0. The fourth-order valence-corrected chi connectivity index (χ4v) is 42.0. The summed E-state index contributed by atoms with van der Waals surface area (Å²) in [4.78, 5) is 2.23. The minimum atomic E-state index is -3.77. The zero-order valence-corrected chi connectivity index (χ0v) is 73.3. The van der Waals surface area contributed by atoms with Crippen LogP contribution in [-0.4, -0.2) is 262 Å². The van der Waals surface area contributed by atoms with E-state index in [2.05, 4.69) is 21.3 Å². The Labute approximate surface area is 685 Å². The van der Waals surface area contributed by atoms with Gasteiger partial charge in [-0.2, -0.15) is 0 Å². The number of likely N-dealkylation sites (tertiary alicyclic amines) is 1. The molecule has 0 saturated carbocycles. The Morgan fingerprint density at radius 1 is 0.451 bits per heavy atom. The van der Waals surface area contributed by atoms with Gasteiger partial charge in [0.2, 0.25) is 0 Å². The first-order chi connectivity index (χ1) is 53.2. The number of aryl methyl sites for hydroxylation is 1. The second-order valence-electron chi connectivity index (χ2n) is 28.2. The number of ether oxygens (including phenoxy) is 2. The quantitative estimate of drug-likeness (QED) is 0.0498. The van der Waals surface area contributed by atoms with Crippen LogP contribution in [0.3, 0.4) is 0 Å². The summed E-state index contributed by atoms with van der Waals surface area (Å²) in [5.41, 5.74) is 1.20. The van der Waals surface area contributed by atoms with Crippen molar-refractivity contribution in [1.82, 2.24) is 26.2 Å². The van der Waals surface area contributed by atoms with Crippen LogP contribution in [-0.2, 0) is 121 Å². The second kappa shape index (κ2) is 38.9. The number of hydrogen-bond acceptors (Lipinski definition) is 31. The van der Waals surface area contributed by atoms with Crippen LogP contribution < -0.4 is 21.3 Å². The summed E-state index contributed by atoms with van der Waals surface area (Å²) in [7, 11) is -33.6. The van der Waals surface area contributed by atoms with Gasteiger partial charge >= 0.3 is 0 Å². The molecule has 28 nitrogen and oxygen atoms in total. The molecule has 43 heteroatoms. The lowest BCUT2D eigenvalue weighted by molar-refractivity contribution is 0.108. The molecule has 113 heavy (non-hydrogen) atoms. The van der Waals surface area contributed by atoms with Gasteiger partial charge in [0.15, 0.2) is 98.4 Å². The predicted molar refractivity (Wildman–Crippen MR) is 439 cm³/mol. The molecule has 3 aromatic carbocycles. The molecule has 11 heterocycles. The number of thiophene rings is 3. The van der Waals surface area contributed by atoms with Gasteiger partial charge in [-0.15, -0.1) is 34.0 Å². The van der Waals surface area contributed by atoms with Crippen LogP contribution in [0.2, 0.25) is 10.0 Å². The van der Waals surface area contributed by atoms with Gasteiger partial charge in [-0.3, -0.25) is 4.90 Å². The van der Waals surface area contributed by atoms with Gasteiger partial charge in [0.1, 0.15) is 18.4 Å². The van der Waals surface area contributed by atoms with E-state index in [0.717, 1.165) is 85.6 Å². The third kappa shape index (κ3) is 24.5. The molecule has 4 N–H and O–H groups in total. The van der Waals surface area contributed by atoms with Crippen LogP contribution >= 0.6 is 57.2 Å². The van der Waals surface area contributed by atoms with E-state index < -0.39 is 149 Å². The number of furan rings is 1. The fraction of sp³-hybridized carbons (Fsp3) is 0.514. The lowest BCUT2D eigenvalue weighted by Gasteiger charge is -2.27. The van der Waals surface area contributed by atoms with E-state index in [0.29, 0.717) is 55.2 Å². The zero-order valence-electron chi connectivity index (χ0n) is 61.2. The SMILES string of the molecule is COCCN[C@H]1CS(=O)(=O)C[C@@H]1S(=O)(=O)c1ccc(Cl)cc1.O=S1(=O)C[C@H](N2CCCC2)[C@@H](S(=O)(=O)c2cccs2)C1.O=S1(=O)C[C@H](NCC2CCCO2)[C@@H](S(=O)(=O)c2cccs2)C1.O=S1(=O)C[C@H](NCCCc2ccccc2)[C@@H](S(=O)(=O)c2ccc(Cl)cc2)C1.O=S1(=O)C[C@H](NCc2ccco2)[C@@H](S(=O)(=O)c2cccs2)C1. The van der Waals surface area contributed by atoms with Crippen LogP contribution in [0.25, 0.3) is 0 Å². The summed E-state index contributed by atoms with van der Waals surface area (Å²) >= 11 is 15.0. The van der Waals surface area contributed by atoms with E-state index in [9.17, 15) is 84.2 Å². The molecule has 11 atom stereocenters. The van der Waals surface area contributed by atoms with Crippen molar-refractivity contribution in [3.8, 4) is 0 Å². The lowest BCUT2D eigenvalue weighted by atomic mass is 10.1. The van der Waals surface area contributed by atoms with E-state index in [1.54, 1.807) is 52.5 Å². The van der Waals surface area contributed by atoms with Crippen LogP contribution in [0.4, 0.5) is 0 Å². The van der Waals surface area contributed by atoms with Gasteiger partial charge in [-0.05, 0) is 159 Å². The molecule has 7 aliphatic rings. The monoisotopic (exact) mass is 1860 g/mol. The summed E-state index contributed by atoms with van der Waals surface area (Å²) in [6, 6.07) is 31.8. The van der Waals surface area contributed by atoms with E-state index in [1.165, 1.54) is 79.6 Å². The molecule has 1 unspecified atom stereocenters. The molecule has 7 aromatic rings. The van der Waals surface area contributed by atoms with Crippen molar-refractivity contribution >= 4 is 156 Å². The van der Waals surface area contributed by atoms with Crippen molar-refractivity contribution < 1.29 is 98.1 Å². The van der Waals surface area contributed by atoms with Crippen molar-refractivity contribution in [2.24, 2.45) is 0 Å². The maximum absolute atomic E-state index is 13.0. The average Bonchev–Trinajstić information content (AvgIpc) is 1.55. The molecule has 0 bridgehead atoms. The fourth-order valence-electron chi connectivity index (χ4n) is 14.4. The average molecular weight is 1860 g/mol. The number of benzene rings is 3. The summed E-state index contributed by atoms with van der Waals surface area (Å²) in [6.07, 6.45) is 7.16. The van der Waals surface area contributed by atoms with E-state index >= 15 is 0 Å². The van der Waals surface area contributed by atoms with Gasteiger partial charge in [0.05, 0.1) is 119 Å². The molecule has 7 saturated heterocycles. The van der Waals surface area contributed by atoms with Crippen molar-refractivity contribution in [2.75, 3.05) is 111 Å². The highest BCUT2D eigenvalue weighted by Gasteiger charge is 2.52. The highest BCUT2D eigenvalue weighted by molar-refractivity contribution is 7.99. The largest absolute Gasteiger partial charge is 0.468 e. The number of halogens is 2. The number of nitrogens with one attached hydrogen (secondary N) is 4. The summed E-state index contributed by atoms with van der Waals surface area (Å²) < 4.78 is 263. The molecular weight excluding hydrogens is 1770 g/mol. The number of methoxy groups -OCH3 is 1. The summed E-state index contributed by atoms with van der Waals surface area (Å²) in [6.45, 7) is 4.44. The van der Waals surface area contributed by atoms with Crippen LogP contribution in [0.1, 0.15) is 43.4 Å². The van der Waals surface area contributed by atoms with E-state index in [1.807, 2.05) is 35.2 Å². The van der Waals surface area contributed by atoms with Crippen molar-refractivity contribution in [3.63, 3.8) is 0 Å². The first-order valence-electron chi connectivity index (χ1n) is 35.9. The summed E-state index contributed by atoms with van der Waals surface area (Å²) in [5, 5.41) is 13.5. The van der Waals surface area contributed by atoms with Crippen molar-refractivity contribution in [3.05, 3.63) is 171 Å². The maximum Gasteiger partial charge on any atom is 0.193 e. The topological polar surface area (TPSA) is 424 Å². The Morgan fingerprint density at radius 2 is 0.867 bits per heavy atom. The van der Waals surface area contributed by atoms with Gasteiger partial charge in [-0.1, -0.05) is 71.7 Å². The normalized spacial score (nSPS) is 26.4. The molecule has 0 aliphatic carbocycles. The third-order valence-corrected chi connectivity index (χ3v) is 45.6. The highest BCUT2D eigenvalue weighted by Crippen LogP contribution is 2.35. The van der Waals surface area contributed by atoms with Crippen LogP contribution in [0, 0.1) is 0 Å². The molecule has 0 radical (unpaired) electrons. The number of nitrogens with zero attached hydrogens (tertiary/aromatic N) is 1. The number of rotatable bonds is 26. The van der Waals surface area contributed by atoms with E-state index in [4.69, 9.17) is 37.1 Å². The number of sulfone groups is 10. The number of hydrogen-bond donors (Lipinski definition) is 4. The molecule has 4 aromatic heterocycles. The van der Waals surface area contributed by atoms with Crippen molar-refractivity contribution in [2.45, 2.75) is 130 Å². The smallest absolute Gasteiger partial charge is 0.193 e. The van der Waals surface area contributed by atoms with Gasteiger partial charge < -0.3 is 35.2 Å². The highest BCUT2D eigenvalue weighted by atomic mass is 35.5. The Hall–Kier alpha value is -4.16. The standard InChI is InChI=1S/C19H22ClNO4S2.C13H18ClNO5S2.C13H19NO5S3.C13H15NO5S3.C12H17NO4S3/c20-16-8-10-17(11-9-16)27(24,25)19-14-26(22,23)13-18(19)21-12-4-7-15-5-2-1-3-6-15;1-20-7-6-15-12-8-21(16,17)9-13(12)22(18,19)11-4-2-10(14)3-5-11;2*15-21(16)8-11(14-7-10-3-1-5-19-10)12(9-21)22(17,18)13-4-2-6-20-13;14-19(15)8-10(13-5-1-2-6-13)11(9-19)20(16,17)12-4-3-7-18-12/h1-3,5-6,8-11,18-19,21H,4,7,12-14H2;2-5,12-13,15H,6-9H2,1H3;2,4,6,10-12,14H,1,3,5,7-9H2;1-6,11-12,14H,7-9H2;3-4,7,10-11H,1-2,5-6,8-9H2/t18-,19-;12-,13-;10?,11-,12-;11-,12-;10-,11-/m00000/s1. The predicted octanol–water partition coefficient (Wildman–Crippen LogP) is 5.33. The molecule has 0 spiro atoms. The van der Waals surface area contributed by atoms with E-state index in [-0.39, 0.29) is 92.1 Å². The maximum atomic E-state index is 13.0. The van der Waals surface area contributed by atoms with Crippen molar-refractivity contribution in [1.29, 1.82) is 0 Å². The van der Waals surface area contributed by atoms with Gasteiger partial charge in [0, 0.05) is 67.1 Å². The zero-order chi connectivity index (χ0) is 81.8. The summed E-state index contributed by atoms with van der Waals surface area (Å²) in [5.74, 6) is -1.66. The molecule has 7 fully saturated rings. The Balaban J connectivity index is 0.000000150. The first kappa shape index (κ1) is 91.2. The Bertz CT molecular complexity index is 5470. The Kier molecular flexibility index (Phi) is 31.4. The van der Waals surface area contributed by atoms with Crippen LogP contribution in [0.5, 0.6) is 0 Å². The first-order valence-corrected chi connectivity index (χ1v) is 56.1. The molecule has 14 rings (SSSR count). The molecule has 0 amide bonds. The minimum Gasteiger partial charge on any atom is -0.468 e. The minimum absolute atomic E-state index is 0.0255. The lowest BCUT2D eigenvalue weighted by Crippen LogP contribution is -2.45. The molecule has 626 valence electrons. The Morgan fingerprint density at radius 3 is 1.28 bits per heavy atom. The van der Waals surface area contributed by atoms with Crippen LogP contribution in [0.15, 0.2) is 177 Å². The molecule has 7 aliphatic heterocycles. The van der Waals surface area contributed by atoms with Gasteiger partial charge in [-0.25, -0.2) is 84.2 Å².